The van der Waals surface area contributed by atoms with Crippen LogP contribution >= 0.6 is 0 Å². The van der Waals surface area contributed by atoms with Gasteiger partial charge < -0.3 is 14.8 Å². The number of hydrogen-bond acceptors (Lipinski definition) is 5. The summed E-state index contributed by atoms with van der Waals surface area (Å²) in [7, 11) is 0. The van der Waals surface area contributed by atoms with Gasteiger partial charge in [-0.15, -0.1) is 0 Å². The monoisotopic (exact) mass is 561 g/mol. The smallest absolute Gasteiger partial charge is 0.378 e. The van der Waals surface area contributed by atoms with Crippen molar-refractivity contribution < 1.29 is 18.0 Å². The van der Waals surface area contributed by atoms with Crippen molar-refractivity contribution in [2.24, 2.45) is 0 Å². The van der Waals surface area contributed by atoms with Crippen molar-refractivity contribution in [3.05, 3.63) is 77.9 Å². The van der Waals surface area contributed by atoms with Crippen LogP contribution in [0.25, 0.3) is 5.69 Å². The first-order valence-corrected chi connectivity index (χ1v) is 14.1. The van der Waals surface area contributed by atoms with Crippen molar-refractivity contribution in [1.29, 1.82) is 0 Å². The van der Waals surface area contributed by atoms with E-state index in [2.05, 4.69) is 27.0 Å². The number of halogens is 3. The number of alkyl halides is 3. The van der Waals surface area contributed by atoms with E-state index in [9.17, 15) is 18.0 Å². The highest BCUT2D eigenvalue weighted by molar-refractivity contribution is 5.80. The van der Waals surface area contributed by atoms with Gasteiger partial charge in [-0.3, -0.25) is 9.69 Å². The van der Waals surface area contributed by atoms with E-state index in [1.54, 1.807) is 38.5 Å². The molecule has 0 amide bonds. The number of anilines is 1. The number of nitrogens with one attached hydrogen (secondary N) is 1. The molecule has 0 radical (unpaired) electrons. The largest absolute Gasteiger partial charge is 0.416 e. The Morgan fingerprint density at radius 2 is 1.55 bits per heavy atom. The standard InChI is InChI=1S/C15H21F3N2.C12H13N3O.2C2H6/c1-3-19-6-8-20(9-7-19)11-13-5-4-12(2)10-14(13)15(16,17)18;1-10(16)8-14-11-2-4-12(5-3-11)15-7-6-13-9-15;2*1-2/h4-5,10H,3,6-9,11H2,1-2H3;2-7,9,14H,8H2,1H3;2*1-2H3. The molecule has 9 heteroatoms. The molecule has 1 fully saturated rings. The quantitative estimate of drug-likeness (QED) is 0.334. The molecule has 4 rings (SSSR count). The third-order valence-electron chi connectivity index (χ3n) is 6.09. The predicted molar refractivity (Wildman–Crippen MR) is 159 cm³/mol. The number of Topliss-reactive ketones (excluding diaryl/α,β-unsaturated/α-hetero) is 1. The number of hydrogen-bond donors (Lipinski definition) is 1. The number of nitrogens with zero attached hydrogens (tertiary/aromatic N) is 4. The van der Waals surface area contributed by atoms with Gasteiger partial charge in [0.15, 0.2) is 0 Å². The molecule has 0 spiro atoms. The van der Waals surface area contributed by atoms with E-state index in [0.29, 0.717) is 24.2 Å². The van der Waals surface area contributed by atoms with Crippen LogP contribution < -0.4 is 5.32 Å². The first-order chi connectivity index (χ1) is 19.2. The molecule has 40 heavy (non-hydrogen) atoms. The lowest BCUT2D eigenvalue weighted by Gasteiger charge is -2.34. The van der Waals surface area contributed by atoms with Gasteiger partial charge in [0, 0.05) is 56.5 Å². The highest BCUT2D eigenvalue weighted by Gasteiger charge is 2.33. The van der Waals surface area contributed by atoms with Crippen LogP contribution in [0.2, 0.25) is 0 Å². The minimum Gasteiger partial charge on any atom is -0.378 e. The number of carbonyl (C=O) groups excluding carboxylic acids is 1. The van der Waals surface area contributed by atoms with Gasteiger partial charge in [0.05, 0.1) is 18.4 Å². The molecule has 0 saturated carbocycles. The van der Waals surface area contributed by atoms with Crippen LogP contribution in [0.5, 0.6) is 0 Å². The lowest BCUT2D eigenvalue weighted by Crippen LogP contribution is -2.45. The van der Waals surface area contributed by atoms with Crippen LogP contribution in [0.3, 0.4) is 0 Å². The molecule has 2 aromatic carbocycles. The van der Waals surface area contributed by atoms with E-state index in [1.807, 2.05) is 62.7 Å². The number of benzene rings is 2. The molecule has 1 aliphatic rings. The zero-order valence-corrected chi connectivity index (χ0v) is 25.1. The number of imidazole rings is 1. The highest BCUT2D eigenvalue weighted by atomic mass is 19.4. The summed E-state index contributed by atoms with van der Waals surface area (Å²) in [5, 5.41) is 3.04. The summed E-state index contributed by atoms with van der Waals surface area (Å²) in [5.41, 5.74) is 2.53. The summed E-state index contributed by atoms with van der Waals surface area (Å²) >= 11 is 0. The van der Waals surface area contributed by atoms with Gasteiger partial charge >= 0.3 is 6.18 Å². The van der Waals surface area contributed by atoms with Gasteiger partial charge in [0.25, 0.3) is 0 Å². The van der Waals surface area contributed by atoms with Gasteiger partial charge in [0.2, 0.25) is 0 Å². The van der Waals surface area contributed by atoms with Gasteiger partial charge in [-0.1, -0.05) is 52.3 Å². The molecule has 1 N–H and O–H groups in total. The Morgan fingerprint density at radius 1 is 0.950 bits per heavy atom. The molecule has 1 aromatic heterocycles. The molecule has 1 aliphatic heterocycles. The fourth-order valence-electron chi connectivity index (χ4n) is 3.99. The summed E-state index contributed by atoms with van der Waals surface area (Å²) < 4.78 is 41.1. The second-order valence-electron chi connectivity index (χ2n) is 8.94. The summed E-state index contributed by atoms with van der Waals surface area (Å²) in [4.78, 5) is 19.2. The van der Waals surface area contributed by atoms with Crippen molar-refractivity contribution in [1.82, 2.24) is 19.4 Å². The van der Waals surface area contributed by atoms with E-state index in [4.69, 9.17) is 0 Å². The Labute approximate surface area is 238 Å². The van der Waals surface area contributed by atoms with Gasteiger partial charge in [-0.25, -0.2) is 4.98 Å². The number of likely N-dealkylation sites (N-methyl/N-ethyl adjacent to an activating group) is 1. The Hall–Kier alpha value is -3.17. The Bertz CT molecular complexity index is 1090. The fourth-order valence-corrected chi connectivity index (χ4v) is 3.99. The van der Waals surface area contributed by atoms with Crippen LogP contribution in [0.4, 0.5) is 18.9 Å². The van der Waals surface area contributed by atoms with E-state index in [-0.39, 0.29) is 5.78 Å². The lowest BCUT2D eigenvalue weighted by atomic mass is 10.0. The van der Waals surface area contributed by atoms with Gasteiger partial charge in [0.1, 0.15) is 5.78 Å². The topological polar surface area (TPSA) is 53.4 Å². The number of rotatable bonds is 7. The van der Waals surface area contributed by atoms with Crippen LogP contribution in [-0.2, 0) is 17.5 Å². The zero-order chi connectivity index (χ0) is 30.1. The first kappa shape index (κ1) is 34.9. The Kier molecular flexibility index (Phi) is 15.9. The second-order valence-corrected chi connectivity index (χ2v) is 8.94. The molecule has 0 atom stereocenters. The minimum absolute atomic E-state index is 0.124. The number of ketones is 1. The summed E-state index contributed by atoms with van der Waals surface area (Å²) in [6.45, 7) is 18.7. The molecule has 2 heterocycles. The number of piperazine rings is 1. The zero-order valence-electron chi connectivity index (χ0n) is 25.1. The van der Waals surface area contributed by atoms with Crippen molar-refractivity contribution in [3.8, 4) is 5.69 Å². The summed E-state index contributed by atoms with van der Waals surface area (Å²) in [5.74, 6) is 0.124. The van der Waals surface area contributed by atoms with Gasteiger partial charge in [-0.2, -0.15) is 13.2 Å². The predicted octanol–water partition coefficient (Wildman–Crippen LogP) is 7.08. The third-order valence-corrected chi connectivity index (χ3v) is 6.09. The van der Waals surface area contributed by atoms with Gasteiger partial charge in [-0.05, 0) is 56.3 Å². The van der Waals surface area contributed by atoms with Crippen LogP contribution in [0.15, 0.2) is 61.2 Å². The molecule has 0 bridgehead atoms. The number of aromatic nitrogens is 2. The maximum absolute atomic E-state index is 13.1. The van der Waals surface area contributed by atoms with E-state index in [0.717, 1.165) is 44.1 Å². The highest BCUT2D eigenvalue weighted by Crippen LogP contribution is 2.33. The molecule has 1 saturated heterocycles. The van der Waals surface area contributed by atoms with Crippen molar-refractivity contribution in [3.63, 3.8) is 0 Å². The molecule has 6 nitrogen and oxygen atoms in total. The van der Waals surface area contributed by atoms with E-state index < -0.39 is 11.7 Å². The van der Waals surface area contributed by atoms with E-state index >= 15 is 0 Å². The van der Waals surface area contributed by atoms with Crippen LogP contribution in [-0.4, -0.2) is 64.4 Å². The number of aryl methyl sites for hydroxylation is 1. The molecular weight excluding hydrogens is 515 g/mol. The Balaban J connectivity index is 0.000000362. The van der Waals surface area contributed by atoms with E-state index in [1.165, 1.54) is 6.07 Å². The molecule has 0 aliphatic carbocycles. The SMILES string of the molecule is CC.CC.CC(=O)CNc1ccc(-n2ccnc2)cc1.CCN1CCN(Cc2ccc(C)cc2C(F)(F)F)CC1. The third kappa shape index (κ3) is 11.9. The fraction of sp³-hybridized carbons (Fsp3) is 0.484. The molecule has 222 valence electrons. The maximum atomic E-state index is 13.1. The van der Waals surface area contributed by atoms with Crippen molar-refractivity contribution >= 4 is 11.5 Å². The summed E-state index contributed by atoms with van der Waals surface area (Å²) in [6.07, 6.45) is 1.10. The average Bonchev–Trinajstić information content (AvgIpc) is 3.51. The van der Waals surface area contributed by atoms with Crippen LogP contribution in [0, 0.1) is 6.92 Å². The normalized spacial score (nSPS) is 13.6. The van der Waals surface area contributed by atoms with Crippen molar-refractivity contribution in [2.45, 2.75) is 61.2 Å². The molecular formula is C31H46F3N5O. The summed E-state index contributed by atoms with van der Waals surface area (Å²) in [6, 6.07) is 12.5. The second kappa shape index (κ2) is 18.2. The Morgan fingerprint density at radius 3 is 2.05 bits per heavy atom. The first-order valence-electron chi connectivity index (χ1n) is 14.1. The minimum atomic E-state index is -4.27. The van der Waals surface area contributed by atoms with Crippen molar-refractivity contribution in [2.75, 3.05) is 44.6 Å². The van der Waals surface area contributed by atoms with Crippen LogP contribution in [0.1, 0.15) is 58.2 Å². The molecule has 3 aromatic rings. The average molecular weight is 562 g/mol. The maximum Gasteiger partial charge on any atom is 0.416 e. The number of carbonyl (C=O) groups is 1. The lowest BCUT2D eigenvalue weighted by molar-refractivity contribution is -0.138. The molecule has 0 unspecified atom stereocenters.